The molecule has 0 atom stereocenters. The van der Waals surface area contributed by atoms with E-state index in [9.17, 15) is 23.1 Å². The van der Waals surface area contributed by atoms with Crippen LogP contribution in [0.5, 0.6) is 5.88 Å². The van der Waals surface area contributed by atoms with Gasteiger partial charge in [0.25, 0.3) is 0 Å². The summed E-state index contributed by atoms with van der Waals surface area (Å²) >= 11 is 6.52. The van der Waals surface area contributed by atoms with Gasteiger partial charge < -0.3 is 5.11 Å². The highest BCUT2D eigenvalue weighted by molar-refractivity contribution is 7.10. The normalized spacial score (nSPS) is 14.2. The molecule has 0 unspecified atom stereocenters. The van der Waals surface area contributed by atoms with Crippen LogP contribution in [-0.2, 0) is 12.6 Å². The highest BCUT2D eigenvalue weighted by atomic mass is 35.5. The molecule has 10 heteroatoms. The second-order valence-electron chi connectivity index (χ2n) is 6.66. The molecule has 154 valence electrons. The van der Waals surface area contributed by atoms with Gasteiger partial charge >= 0.3 is 11.0 Å². The number of nitrogens with zero attached hydrogens (tertiary/aromatic N) is 2. The number of aromatic nitrogens is 1. The number of aromatic hydroxyl groups is 1. The van der Waals surface area contributed by atoms with Crippen LogP contribution in [-0.4, -0.2) is 15.8 Å². The lowest BCUT2D eigenvalue weighted by Crippen LogP contribution is -2.18. The predicted octanol–water partition coefficient (Wildman–Crippen LogP) is 3.61. The number of fused-ring (bicyclic) bond motifs is 1. The number of benzene rings is 2. The van der Waals surface area contributed by atoms with Crippen molar-refractivity contribution in [2.24, 2.45) is 10.2 Å². The fourth-order valence-electron chi connectivity index (χ4n) is 3.28. The first-order valence-corrected chi connectivity index (χ1v) is 9.87. The second-order valence-corrected chi connectivity index (χ2v) is 8.08. The van der Waals surface area contributed by atoms with Crippen molar-refractivity contribution in [1.82, 2.24) is 4.98 Å². The Morgan fingerprint density at radius 3 is 2.63 bits per heavy atom. The molecule has 2 heterocycles. The smallest absolute Gasteiger partial charge is 0.416 e. The van der Waals surface area contributed by atoms with Crippen LogP contribution in [0.25, 0.3) is 5.57 Å². The van der Waals surface area contributed by atoms with Crippen LogP contribution in [0.2, 0.25) is 5.02 Å². The lowest BCUT2D eigenvalue weighted by atomic mass is 9.96. The molecular weight excluding hydrogens is 439 g/mol. The van der Waals surface area contributed by atoms with Gasteiger partial charge in [-0.25, -0.2) is 0 Å². The summed E-state index contributed by atoms with van der Waals surface area (Å²) in [5, 5.41) is 19.4. The van der Waals surface area contributed by atoms with Crippen molar-refractivity contribution in [1.29, 1.82) is 0 Å². The summed E-state index contributed by atoms with van der Waals surface area (Å²) < 4.78 is 40.8. The molecule has 0 spiro atoms. The lowest BCUT2D eigenvalue weighted by molar-refractivity contribution is -0.138. The van der Waals surface area contributed by atoms with E-state index in [1.807, 2.05) is 0 Å². The molecule has 0 saturated heterocycles. The number of alkyl halides is 3. The van der Waals surface area contributed by atoms with Crippen molar-refractivity contribution in [3.05, 3.63) is 83.2 Å². The van der Waals surface area contributed by atoms with Crippen LogP contribution in [0.4, 0.5) is 13.2 Å². The van der Waals surface area contributed by atoms with Crippen molar-refractivity contribution in [2.45, 2.75) is 19.5 Å². The summed E-state index contributed by atoms with van der Waals surface area (Å²) in [4.78, 5) is 13.7. The Bertz CT molecular complexity index is 1370. The Balaban J connectivity index is 1.98. The summed E-state index contributed by atoms with van der Waals surface area (Å²) in [5.74, 6) is -0.391. The van der Waals surface area contributed by atoms with Crippen molar-refractivity contribution in [3.8, 4) is 5.88 Å². The molecule has 1 aliphatic rings. The van der Waals surface area contributed by atoms with E-state index in [-0.39, 0.29) is 21.9 Å². The highest BCUT2D eigenvalue weighted by Gasteiger charge is 2.34. The first kappa shape index (κ1) is 20.4. The SMILES string of the molecule is CC1=NN=c2ccc(=C(Cc3ccc(Cl)cc3C(F)(F)F)c3sc(=O)[nH]c3O)cc21. The number of rotatable bonds is 3. The quantitative estimate of drug-likeness (QED) is 0.638. The Morgan fingerprint density at radius 1 is 1.20 bits per heavy atom. The van der Waals surface area contributed by atoms with Crippen LogP contribution >= 0.6 is 22.9 Å². The van der Waals surface area contributed by atoms with Crippen molar-refractivity contribution in [3.63, 3.8) is 0 Å². The van der Waals surface area contributed by atoms with Crippen LogP contribution in [0.15, 0.2) is 51.4 Å². The second kappa shape index (κ2) is 7.41. The van der Waals surface area contributed by atoms with Gasteiger partial charge in [0, 0.05) is 17.0 Å². The fourth-order valence-corrected chi connectivity index (χ4v) is 4.24. The summed E-state index contributed by atoms with van der Waals surface area (Å²) in [6, 6.07) is 8.66. The molecule has 4 rings (SSSR count). The number of thiazole rings is 1. The Morgan fingerprint density at radius 2 is 1.97 bits per heavy atom. The van der Waals surface area contributed by atoms with Crippen LogP contribution in [0.3, 0.4) is 0 Å². The van der Waals surface area contributed by atoms with E-state index in [0.717, 1.165) is 23.0 Å². The van der Waals surface area contributed by atoms with Gasteiger partial charge in [0.2, 0.25) is 5.88 Å². The first-order valence-electron chi connectivity index (χ1n) is 8.67. The average Bonchev–Trinajstić information content (AvgIpc) is 3.21. The van der Waals surface area contributed by atoms with E-state index in [1.54, 1.807) is 25.1 Å². The molecule has 1 aromatic heterocycles. The Labute approximate surface area is 176 Å². The topological polar surface area (TPSA) is 77.8 Å². The Hall–Kier alpha value is -2.91. The minimum atomic E-state index is -4.61. The van der Waals surface area contributed by atoms with Gasteiger partial charge in [0.15, 0.2) is 0 Å². The van der Waals surface area contributed by atoms with Gasteiger partial charge in [0.05, 0.1) is 21.5 Å². The van der Waals surface area contributed by atoms with E-state index in [0.29, 0.717) is 21.9 Å². The fraction of sp³-hybridized carbons (Fsp3) is 0.150. The molecular formula is C20H13ClF3N3O2S. The molecule has 2 N–H and O–H groups in total. The van der Waals surface area contributed by atoms with E-state index < -0.39 is 22.5 Å². The summed E-state index contributed by atoms with van der Waals surface area (Å²) in [6.45, 7) is 1.77. The van der Waals surface area contributed by atoms with Crippen LogP contribution < -0.4 is 15.4 Å². The van der Waals surface area contributed by atoms with Gasteiger partial charge in [-0.1, -0.05) is 35.1 Å². The molecule has 0 fully saturated rings. The molecule has 2 aromatic carbocycles. The summed E-state index contributed by atoms with van der Waals surface area (Å²) in [7, 11) is 0. The first-order chi connectivity index (χ1) is 14.1. The summed E-state index contributed by atoms with van der Waals surface area (Å²) in [5.41, 5.74) is 0.868. The van der Waals surface area contributed by atoms with Crippen LogP contribution in [0, 0.1) is 0 Å². The van der Waals surface area contributed by atoms with Gasteiger partial charge in [0.1, 0.15) is 0 Å². The molecule has 1 aliphatic heterocycles. The zero-order valence-corrected chi connectivity index (χ0v) is 16.9. The van der Waals surface area contributed by atoms with E-state index >= 15 is 0 Å². The minimum Gasteiger partial charge on any atom is -0.493 e. The van der Waals surface area contributed by atoms with Crippen molar-refractivity contribution in [2.75, 3.05) is 0 Å². The van der Waals surface area contributed by atoms with Gasteiger partial charge in [-0.15, -0.1) is 0 Å². The molecule has 0 aliphatic carbocycles. The number of aromatic amines is 1. The standard InChI is InChI=1S/C20H13ClF3N3O2S/c1-9-13-6-10(3-5-16(13)27-26-9)14(17-18(28)25-19(29)30-17)7-11-2-4-12(21)8-15(11)20(22,23)24/h2-6,8,28H,7H2,1H3,(H,25,29). The van der Waals surface area contributed by atoms with Crippen molar-refractivity contribution >= 4 is 34.2 Å². The van der Waals surface area contributed by atoms with Gasteiger partial charge in [-0.05, 0) is 47.5 Å². The van der Waals surface area contributed by atoms with E-state index in [4.69, 9.17) is 11.6 Å². The lowest BCUT2D eigenvalue weighted by Gasteiger charge is -2.15. The third-order valence-corrected chi connectivity index (χ3v) is 5.86. The molecule has 0 saturated carbocycles. The van der Waals surface area contributed by atoms with Gasteiger partial charge in [-0.3, -0.25) is 9.78 Å². The molecule has 3 aromatic rings. The van der Waals surface area contributed by atoms with E-state index in [2.05, 4.69) is 15.2 Å². The molecule has 0 bridgehead atoms. The molecule has 0 radical (unpaired) electrons. The number of nitrogens with one attached hydrogen (secondary N) is 1. The monoisotopic (exact) mass is 451 g/mol. The predicted molar refractivity (Wildman–Crippen MR) is 109 cm³/mol. The van der Waals surface area contributed by atoms with Crippen LogP contribution in [0.1, 0.15) is 28.5 Å². The van der Waals surface area contributed by atoms with Gasteiger partial charge in [-0.2, -0.15) is 23.4 Å². The maximum absolute atomic E-state index is 13.6. The minimum absolute atomic E-state index is 0.0299. The zero-order chi connectivity index (χ0) is 21.6. The average molecular weight is 452 g/mol. The summed E-state index contributed by atoms with van der Waals surface area (Å²) in [6.07, 6.45) is -4.79. The molecule has 30 heavy (non-hydrogen) atoms. The van der Waals surface area contributed by atoms with Crippen molar-refractivity contribution < 1.29 is 18.3 Å². The molecule has 0 amide bonds. The number of hydrogen-bond donors (Lipinski definition) is 2. The maximum atomic E-state index is 13.6. The number of hydrogen-bond acceptors (Lipinski definition) is 5. The highest BCUT2D eigenvalue weighted by Crippen LogP contribution is 2.36. The maximum Gasteiger partial charge on any atom is 0.416 e. The number of halogens is 4. The third-order valence-electron chi connectivity index (χ3n) is 4.69. The zero-order valence-electron chi connectivity index (χ0n) is 15.3. The largest absolute Gasteiger partial charge is 0.493 e. The third kappa shape index (κ3) is 3.78. The number of H-pyrrole nitrogens is 1. The Kier molecular flexibility index (Phi) is 5.03. The van der Waals surface area contributed by atoms with E-state index in [1.165, 1.54) is 12.1 Å². The molecule has 5 nitrogen and oxygen atoms in total.